The summed E-state index contributed by atoms with van der Waals surface area (Å²) < 4.78 is 0.777. The van der Waals surface area contributed by atoms with Crippen molar-refractivity contribution >= 4 is 50.7 Å². The van der Waals surface area contributed by atoms with Gasteiger partial charge in [0.25, 0.3) is 5.69 Å². The highest BCUT2D eigenvalue weighted by Crippen LogP contribution is 2.60. The Balaban J connectivity index is 1.54. The number of carbonyl (C=O) groups excluding carboxylic acids is 3. The van der Waals surface area contributed by atoms with Gasteiger partial charge in [-0.1, -0.05) is 22.0 Å². The highest BCUT2D eigenvalue weighted by molar-refractivity contribution is 9.10. The van der Waals surface area contributed by atoms with Crippen LogP contribution in [-0.4, -0.2) is 40.1 Å². The number of carbonyl (C=O) groups is 3. The number of imide groups is 1. The lowest BCUT2D eigenvalue weighted by Gasteiger charge is -2.36. The van der Waals surface area contributed by atoms with Gasteiger partial charge in [0.2, 0.25) is 17.7 Å². The lowest BCUT2D eigenvalue weighted by Crippen LogP contribution is -2.54. The number of non-ortho nitro benzene ring substituents is 1. The molecule has 4 heterocycles. The molecule has 0 aliphatic carbocycles. The Morgan fingerprint density at radius 2 is 1.94 bits per heavy atom. The number of nitro groups is 1. The van der Waals surface area contributed by atoms with Crippen LogP contribution in [0.5, 0.6) is 0 Å². The van der Waals surface area contributed by atoms with Crippen molar-refractivity contribution in [2.75, 3.05) is 16.8 Å². The van der Waals surface area contributed by atoms with Crippen LogP contribution in [0.2, 0.25) is 0 Å². The van der Waals surface area contributed by atoms with Crippen LogP contribution in [0.25, 0.3) is 0 Å². The number of halogens is 1. The first-order chi connectivity index (χ1) is 15.4. The van der Waals surface area contributed by atoms with Gasteiger partial charge in [0, 0.05) is 33.9 Å². The molecule has 2 aromatic carbocycles. The van der Waals surface area contributed by atoms with Crippen LogP contribution in [0.4, 0.5) is 17.1 Å². The van der Waals surface area contributed by atoms with Crippen LogP contribution in [-0.2, 0) is 19.9 Å². The molecule has 0 saturated carbocycles. The molecule has 10 heteroatoms. The van der Waals surface area contributed by atoms with E-state index in [2.05, 4.69) is 21.2 Å². The van der Waals surface area contributed by atoms with E-state index in [-0.39, 0.29) is 23.3 Å². The van der Waals surface area contributed by atoms with Crippen LogP contribution in [0.1, 0.15) is 18.4 Å². The SMILES string of the molecule is O=C1[C@@H]2[C@@H]3CCCN3[C@]3(C(=O)Nc4ccc(Br)cc43)[C@H]2C(=O)N1c1cccc([N+](=O)[O-])c1. The first-order valence-corrected chi connectivity index (χ1v) is 11.2. The van der Waals surface area contributed by atoms with E-state index in [9.17, 15) is 24.5 Å². The van der Waals surface area contributed by atoms with Gasteiger partial charge in [-0.3, -0.25) is 29.4 Å². The lowest BCUT2D eigenvalue weighted by molar-refractivity contribution is -0.384. The Morgan fingerprint density at radius 1 is 1.12 bits per heavy atom. The number of nitrogens with zero attached hydrogens (tertiary/aromatic N) is 3. The number of hydrogen-bond donors (Lipinski definition) is 1. The minimum atomic E-state index is -1.27. The van der Waals surface area contributed by atoms with Gasteiger partial charge in [-0.05, 0) is 43.7 Å². The monoisotopic (exact) mass is 496 g/mol. The van der Waals surface area contributed by atoms with Crippen molar-refractivity contribution in [1.82, 2.24) is 4.90 Å². The van der Waals surface area contributed by atoms with Crippen molar-refractivity contribution in [3.05, 3.63) is 62.6 Å². The molecule has 162 valence electrons. The number of nitro benzene ring substituents is 1. The predicted molar refractivity (Wildman–Crippen MR) is 117 cm³/mol. The zero-order valence-electron chi connectivity index (χ0n) is 16.7. The second-order valence-corrected chi connectivity index (χ2v) is 9.52. The third-order valence-corrected chi connectivity index (χ3v) is 7.75. The Hall–Kier alpha value is -3.11. The summed E-state index contributed by atoms with van der Waals surface area (Å²) in [6.07, 6.45) is 1.53. The van der Waals surface area contributed by atoms with Crippen LogP contribution in [0, 0.1) is 22.0 Å². The fourth-order valence-corrected chi connectivity index (χ4v) is 6.54. The van der Waals surface area contributed by atoms with Crippen LogP contribution < -0.4 is 10.2 Å². The molecule has 0 bridgehead atoms. The van der Waals surface area contributed by atoms with Crippen molar-refractivity contribution < 1.29 is 19.3 Å². The first kappa shape index (κ1) is 19.6. The van der Waals surface area contributed by atoms with E-state index in [4.69, 9.17) is 0 Å². The summed E-state index contributed by atoms with van der Waals surface area (Å²) in [5, 5.41) is 14.2. The summed E-state index contributed by atoms with van der Waals surface area (Å²) in [6, 6.07) is 10.7. The molecule has 9 nitrogen and oxygen atoms in total. The Labute approximate surface area is 190 Å². The molecule has 0 unspecified atom stereocenters. The summed E-state index contributed by atoms with van der Waals surface area (Å²) >= 11 is 3.47. The van der Waals surface area contributed by atoms with E-state index >= 15 is 0 Å². The van der Waals surface area contributed by atoms with Crippen LogP contribution >= 0.6 is 15.9 Å². The van der Waals surface area contributed by atoms with Gasteiger partial charge in [0.1, 0.15) is 5.54 Å². The van der Waals surface area contributed by atoms with E-state index < -0.39 is 34.1 Å². The normalized spacial score (nSPS) is 30.6. The molecule has 2 aromatic rings. The van der Waals surface area contributed by atoms with Crippen LogP contribution in [0.15, 0.2) is 46.9 Å². The van der Waals surface area contributed by atoms with E-state index in [1.54, 1.807) is 6.07 Å². The van der Waals surface area contributed by atoms with Crippen molar-refractivity contribution in [3.8, 4) is 0 Å². The fraction of sp³-hybridized carbons (Fsp3) is 0.318. The molecule has 4 atom stereocenters. The maximum Gasteiger partial charge on any atom is 0.271 e. The minimum absolute atomic E-state index is 0.163. The van der Waals surface area contributed by atoms with E-state index in [0.717, 1.165) is 15.8 Å². The number of amides is 3. The molecule has 1 N–H and O–H groups in total. The molecular weight excluding hydrogens is 480 g/mol. The van der Waals surface area contributed by atoms with E-state index in [1.165, 1.54) is 24.3 Å². The molecule has 6 rings (SSSR count). The van der Waals surface area contributed by atoms with Gasteiger partial charge in [-0.2, -0.15) is 0 Å². The third-order valence-electron chi connectivity index (χ3n) is 7.25. The van der Waals surface area contributed by atoms with Gasteiger partial charge in [0.05, 0.1) is 22.4 Å². The molecule has 0 radical (unpaired) electrons. The number of rotatable bonds is 2. The van der Waals surface area contributed by atoms with Crippen molar-refractivity contribution in [2.45, 2.75) is 24.4 Å². The molecule has 1 spiro atoms. The maximum atomic E-state index is 13.8. The van der Waals surface area contributed by atoms with Crippen molar-refractivity contribution in [2.24, 2.45) is 11.8 Å². The van der Waals surface area contributed by atoms with Crippen LogP contribution in [0.3, 0.4) is 0 Å². The summed E-state index contributed by atoms with van der Waals surface area (Å²) in [6.45, 7) is 0.619. The van der Waals surface area contributed by atoms with E-state index in [1.807, 2.05) is 17.0 Å². The number of benzene rings is 2. The third kappa shape index (κ3) is 2.23. The predicted octanol–water partition coefficient (Wildman–Crippen LogP) is 2.79. The Morgan fingerprint density at radius 3 is 2.72 bits per heavy atom. The molecule has 32 heavy (non-hydrogen) atoms. The zero-order valence-corrected chi connectivity index (χ0v) is 18.2. The molecule has 4 aliphatic heterocycles. The number of fused-ring (bicyclic) bond motifs is 7. The zero-order chi connectivity index (χ0) is 22.4. The molecule has 3 fully saturated rings. The van der Waals surface area contributed by atoms with Gasteiger partial charge in [-0.25, -0.2) is 4.90 Å². The average molecular weight is 497 g/mol. The molecule has 3 amide bonds. The smallest absolute Gasteiger partial charge is 0.271 e. The lowest BCUT2D eigenvalue weighted by atomic mass is 9.75. The standard InChI is InChI=1S/C22H17BrN4O5/c23-11-6-7-15-14(9-11)22(21(30)24-15)18-17(16-5-2-8-25(16)22)19(28)26(20(18)29)12-3-1-4-13(10-12)27(31)32/h1,3-4,6-7,9-10,16-18H,2,5,8H2,(H,24,30)/t16-,17+,18+,22-/m0/s1. The second kappa shape index (κ2) is 6.46. The maximum absolute atomic E-state index is 13.8. The van der Waals surface area contributed by atoms with Gasteiger partial charge >= 0.3 is 0 Å². The molecule has 4 aliphatic rings. The first-order valence-electron chi connectivity index (χ1n) is 10.4. The van der Waals surface area contributed by atoms with Gasteiger partial charge in [-0.15, -0.1) is 0 Å². The molecule has 3 saturated heterocycles. The largest absolute Gasteiger partial charge is 0.324 e. The Bertz CT molecular complexity index is 1250. The van der Waals surface area contributed by atoms with Gasteiger partial charge in [0.15, 0.2) is 0 Å². The summed E-state index contributed by atoms with van der Waals surface area (Å²) in [4.78, 5) is 54.8. The topological polar surface area (TPSA) is 113 Å². The van der Waals surface area contributed by atoms with E-state index in [0.29, 0.717) is 24.2 Å². The summed E-state index contributed by atoms with van der Waals surface area (Å²) in [7, 11) is 0. The minimum Gasteiger partial charge on any atom is -0.324 e. The second-order valence-electron chi connectivity index (χ2n) is 8.61. The summed E-state index contributed by atoms with van der Waals surface area (Å²) in [5.74, 6) is -2.76. The Kier molecular flexibility index (Phi) is 3.95. The molecular formula is C22H17BrN4O5. The van der Waals surface area contributed by atoms with Crippen molar-refractivity contribution in [3.63, 3.8) is 0 Å². The number of nitrogens with one attached hydrogen (secondary N) is 1. The fourth-order valence-electron chi connectivity index (χ4n) is 6.18. The average Bonchev–Trinajstić information content (AvgIpc) is 3.46. The van der Waals surface area contributed by atoms with Crippen molar-refractivity contribution in [1.29, 1.82) is 0 Å². The highest BCUT2D eigenvalue weighted by Gasteiger charge is 2.74. The number of hydrogen-bond acceptors (Lipinski definition) is 6. The van der Waals surface area contributed by atoms with Gasteiger partial charge < -0.3 is 5.32 Å². The number of anilines is 2. The molecule has 0 aromatic heterocycles. The quantitative estimate of drug-likeness (QED) is 0.388. The highest BCUT2D eigenvalue weighted by atomic mass is 79.9. The summed E-state index contributed by atoms with van der Waals surface area (Å²) in [5.41, 5.74) is 0.0194.